The maximum atomic E-state index is 11.8. The Hall–Kier alpha value is -2.63. The first kappa shape index (κ1) is 12.8. The Morgan fingerprint density at radius 2 is 2.00 bits per heavy atom. The zero-order valence-electron chi connectivity index (χ0n) is 10.4. The molecule has 6 heteroatoms. The molecule has 1 heterocycles. The number of aromatic nitrogens is 2. The molecule has 0 bridgehead atoms. The molecule has 0 atom stereocenters. The summed E-state index contributed by atoms with van der Waals surface area (Å²) in [5, 5.41) is 5.38. The number of imidazole rings is 1. The number of hydrogen-bond acceptors (Lipinski definition) is 3. The van der Waals surface area contributed by atoms with E-state index in [1.807, 2.05) is 0 Å². The summed E-state index contributed by atoms with van der Waals surface area (Å²) in [5.41, 5.74) is 1.19. The summed E-state index contributed by atoms with van der Waals surface area (Å²) in [5.74, 6) is 0.365. The highest BCUT2D eigenvalue weighted by atomic mass is 16.2. The fourth-order valence-corrected chi connectivity index (χ4v) is 1.57. The van der Waals surface area contributed by atoms with E-state index in [2.05, 4.69) is 20.6 Å². The maximum absolute atomic E-state index is 11.8. The van der Waals surface area contributed by atoms with Gasteiger partial charge in [-0.25, -0.2) is 4.98 Å². The topological polar surface area (TPSA) is 86.9 Å². The van der Waals surface area contributed by atoms with E-state index in [-0.39, 0.29) is 11.8 Å². The van der Waals surface area contributed by atoms with E-state index in [9.17, 15) is 9.59 Å². The molecule has 0 aliphatic heterocycles. The quantitative estimate of drug-likeness (QED) is 0.772. The SMILES string of the molecule is CC(=O)Nc1ccc(C(=O)NCc2ncc[nH]2)cc1. The lowest BCUT2D eigenvalue weighted by Gasteiger charge is -2.05. The molecular weight excluding hydrogens is 244 g/mol. The summed E-state index contributed by atoms with van der Waals surface area (Å²) in [7, 11) is 0. The van der Waals surface area contributed by atoms with Crippen molar-refractivity contribution in [2.45, 2.75) is 13.5 Å². The zero-order chi connectivity index (χ0) is 13.7. The van der Waals surface area contributed by atoms with Crippen LogP contribution in [0.3, 0.4) is 0 Å². The number of carbonyl (C=O) groups is 2. The summed E-state index contributed by atoms with van der Waals surface area (Å²) in [6.45, 7) is 1.78. The van der Waals surface area contributed by atoms with Crippen LogP contribution in [0.5, 0.6) is 0 Å². The van der Waals surface area contributed by atoms with Gasteiger partial charge in [0.2, 0.25) is 5.91 Å². The lowest BCUT2D eigenvalue weighted by molar-refractivity contribution is -0.114. The van der Waals surface area contributed by atoms with Gasteiger partial charge in [-0.1, -0.05) is 0 Å². The minimum Gasteiger partial charge on any atom is -0.347 e. The van der Waals surface area contributed by atoms with Crippen molar-refractivity contribution in [3.8, 4) is 0 Å². The molecule has 0 saturated carbocycles. The molecule has 0 spiro atoms. The first-order chi connectivity index (χ1) is 9.15. The minimum absolute atomic E-state index is 0.143. The number of carbonyl (C=O) groups excluding carboxylic acids is 2. The van der Waals surface area contributed by atoms with Crippen molar-refractivity contribution in [1.29, 1.82) is 0 Å². The number of aromatic amines is 1. The standard InChI is InChI=1S/C13H14N4O2/c1-9(18)17-11-4-2-10(3-5-11)13(19)16-8-12-14-6-7-15-12/h2-7H,8H2,1H3,(H,14,15)(H,16,19)(H,17,18). The predicted octanol–water partition coefficient (Wildman–Crippen LogP) is 1.30. The molecule has 98 valence electrons. The molecule has 2 aromatic rings. The highest BCUT2D eigenvalue weighted by Crippen LogP contribution is 2.09. The van der Waals surface area contributed by atoms with E-state index >= 15 is 0 Å². The van der Waals surface area contributed by atoms with Crippen molar-refractivity contribution in [1.82, 2.24) is 15.3 Å². The summed E-state index contributed by atoms with van der Waals surface area (Å²) >= 11 is 0. The number of H-pyrrole nitrogens is 1. The van der Waals surface area contributed by atoms with Crippen LogP contribution in [0.4, 0.5) is 5.69 Å². The van der Waals surface area contributed by atoms with Crippen LogP contribution in [-0.4, -0.2) is 21.8 Å². The lowest BCUT2D eigenvalue weighted by Crippen LogP contribution is -2.23. The molecule has 0 fully saturated rings. The van der Waals surface area contributed by atoms with E-state index in [4.69, 9.17) is 0 Å². The summed E-state index contributed by atoms with van der Waals surface area (Å²) in [4.78, 5) is 29.6. The van der Waals surface area contributed by atoms with Crippen molar-refractivity contribution >= 4 is 17.5 Å². The Balaban J connectivity index is 1.93. The third-order valence-corrected chi connectivity index (χ3v) is 2.44. The number of rotatable bonds is 4. The number of hydrogen-bond donors (Lipinski definition) is 3. The Bertz CT molecular complexity index is 561. The average molecular weight is 258 g/mol. The van der Waals surface area contributed by atoms with E-state index in [0.29, 0.717) is 23.6 Å². The molecule has 0 radical (unpaired) electrons. The number of benzene rings is 1. The molecular formula is C13H14N4O2. The number of nitrogens with one attached hydrogen (secondary N) is 3. The summed E-state index contributed by atoms with van der Waals surface area (Å²) < 4.78 is 0. The molecule has 0 saturated heterocycles. The van der Waals surface area contributed by atoms with Crippen LogP contribution in [-0.2, 0) is 11.3 Å². The molecule has 2 rings (SSSR count). The van der Waals surface area contributed by atoms with Crippen molar-refractivity contribution in [3.05, 3.63) is 48.0 Å². The number of amides is 2. The van der Waals surface area contributed by atoms with Crippen molar-refractivity contribution in [2.24, 2.45) is 0 Å². The van der Waals surface area contributed by atoms with Gasteiger partial charge in [-0.3, -0.25) is 9.59 Å². The normalized spacial score (nSPS) is 9.95. The second-order valence-corrected chi connectivity index (χ2v) is 3.98. The molecule has 0 aliphatic carbocycles. The fourth-order valence-electron chi connectivity index (χ4n) is 1.57. The van der Waals surface area contributed by atoms with Crippen LogP contribution in [0.2, 0.25) is 0 Å². The molecule has 1 aromatic carbocycles. The van der Waals surface area contributed by atoms with Crippen molar-refractivity contribution < 1.29 is 9.59 Å². The van der Waals surface area contributed by atoms with Crippen LogP contribution in [0.1, 0.15) is 23.1 Å². The lowest BCUT2D eigenvalue weighted by atomic mass is 10.2. The predicted molar refractivity (Wildman–Crippen MR) is 70.5 cm³/mol. The summed E-state index contributed by atoms with van der Waals surface area (Å²) in [6, 6.07) is 6.68. The summed E-state index contributed by atoms with van der Waals surface area (Å²) in [6.07, 6.45) is 3.33. The molecule has 1 aromatic heterocycles. The van der Waals surface area contributed by atoms with Gasteiger partial charge in [-0.05, 0) is 24.3 Å². The third-order valence-electron chi connectivity index (χ3n) is 2.44. The minimum atomic E-state index is -0.189. The van der Waals surface area contributed by atoms with Gasteiger partial charge in [0.15, 0.2) is 0 Å². The largest absolute Gasteiger partial charge is 0.347 e. The van der Waals surface area contributed by atoms with E-state index in [0.717, 1.165) is 0 Å². The fraction of sp³-hybridized carbons (Fsp3) is 0.154. The molecule has 3 N–H and O–H groups in total. The van der Waals surface area contributed by atoms with Gasteiger partial charge in [-0.15, -0.1) is 0 Å². The van der Waals surface area contributed by atoms with Gasteiger partial charge in [0.05, 0.1) is 6.54 Å². The van der Waals surface area contributed by atoms with Gasteiger partial charge in [0, 0.05) is 30.6 Å². The van der Waals surface area contributed by atoms with Gasteiger partial charge in [0.25, 0.3) is 5.91 Å². The highest BCUT2D eigenvalue weighted by Gasteiger charge is 2.06. The van der Waals surface area contributed by atoms with E-state index < -0.39 is 0 Å². The average Bonchev–Trinajstić information content (AvgIpc) is 2.89. The highest BCUT2D eigenvalue weighted by molar-refractivity contribution is 5.95. The van der Waals surface area contributed by atoms with Crippen LogP contribution < -0.4 is 10.6 Å². The molecule has 2 amide bonds. The van der Waals surface area contributed by atoms with E-state index in [1.54, 1.807) is 36.7 Å². The maximum Gasteiger partial charge on any atom is 0.251 e. The Labute approximate surface area is 110 Å². The van der Waals surface area contributed by atoms with Crippen molar-refractivity contribution in [2.75, 3.05) is 5.32 Å². The Morgan fingerprint density at radius 1 is 1.26 bits per heavy atom. The third kappa shape index (κ3) is 3.67. The van der Waals surface area contributed by atoms with Crippen LogP contribution >= 0.6 is 0 Å². The van der Waals surface area contributed by atoms with Gasteiger partial charge in [-0.2, -0.15) is 0 Å². The van der Waals surface area contributed by atoms with Gasteiger partial charge in [0.1, 0.15) is 5.82 Å². The smallest absolute Gasteiger partial charge is 0.251 e. The first-order valence-electron chi connectivity index (χ1n) is 5.79. The van der Waals surface area contributed by atoms with Gasteiger partial charge < -0.3 is 15.6 Å². The molecule has 0 unspecified atom stereocenters. The Morgan fingerprint density at radius 3 is 2.58 bits per heavy atom. The first-order valence-corrected chi connectivity index (χ1v) is 5.79. The number of anilines is 1. The van der Waals surface area contributed by atoms with Crippen LogP contribution in [0.15, 0.2) is 36.7 Å². The van der Waals surface area contributed by atoms with Crippen LogP contribution in [0, 0.1) is 0 Å². The number of nitrogens with zero attached hydrogens (tertiary/aromatic N) is 1. The van der Waals surface area contributed by atoms with Gasteiger partial charge >= 0.3 is 0 Å². The molecule has 19 heavy (non-hydrogen) atoms. The molecule has 6 nitrogen and oxygen atoms in total. The zero-order valence-corrected chi connectivity index (χ0v) is 10.4. The monoisotopic (exact) mass is 258 g/mol. The Kier molecular flexibility index (Phi) is 3.92. The second-order valence-electron chi connectivity index (χ2n) is 3.98. The second kappa shape index (κ2) is 5.81. The van der Waals surface area contributed by atoms with Crippen molar-refractivity contribution in [3.63, 3.8) is 0 Å². The van der Waals surface area contributed by atoms with E-state index in [1.165, 1.54) is 6.92 Å². The van der Waals surface area contributed by atoms with Crippen LogP contribution in [0.25, 0.3) is 0 Å². The molecule has 0 aliphatic rings.